The van der Waals surface area contributed by atoms with E-state index in [1.165, 1.54) is 0 Å². The first-order valence-corrected chi connectivity index (χ1v) is 6.47. The molecule has 0 radical (unpaired) electrons. The number of nitrogens with one attached hydrogen (secondary N) is 1. The molecule has 1 aromatic rings. The molecule has 1 aliphatic heterocycles. The van der Waals surface area contributed by atoms with Gasteiger partial charge >= 0.3 is 0 Å². The lowest BCUT2D eigenvalue weighted by molar-refractivity contribution is 0.382. The Balaban J connectivity index is 1.93. The first kappa shape index (κ1) is 13.2. The van der Waals surface area contributed by atoms with Gasteiger partial charge < -0.3 is 10.2 Å². The molecule has 0 unspecified atom stereocenters. The Kier molecular flexibility index (Phi) is 4.47. The third-order valence-corrected chi connectivity index (χ3v) is 3.39. The molecular formula is C13H19F2N3. The van der Waals surface area contributed by atoms with Crippen LogP contribution in [0, 0.1) is 17.6 Å². The summed E-state index contributed by atoms with van der Waals surface area (Å²) in [6, 6.07) is 0.896. The van der Waals surface area contributed by atoms with Crippen molar-refractivity contribution in [2.75, 3.05) is 31.1 Å². The highest BCUT2D eigenvalue weighted by molar-refractivity contribution is 5.40. The molecule has 1 fully saturated rings. The molecule has 0 bridgehead atoms. The highest BCUT2D eigenvalue weighted by Crippen LogP contribution is 2.23. The largest absolute Gasteiger partial charge is 0.354 e. The standard InChI is InChI=1S/C13H19F2N3/c1-2-16-8-10-3-5-18(6-4-10)13-12(15)7-11(14)9-17-13/h7,9-10,16H,2-6,8H2,1H3. The monoisotopic (exact) mass is 255 g/mol. The Morgan fingerprint density at radius 2 is 2.11 bits per heavy atom. The fourth-order valence-electron chi connectivity index (χ4n) is 2.34. The Bertz CT molecular complexity index is 390. The molecule has 2 rings (SSSR count). The van der Waals surface area contributed by atoms with E-state index in [0.717, 1.165) is 51.3 Å². The van der Waals surface area contributed by atoms with Crippen LogP contribution in [0.15, 0.2) is 12.3 Å². The van der Waals surface area contributed by atoms with Gasteiger partial charge in [-0.1, -0.05) is 6.92 Å². The van der Waals surface area contributed by atoms with Crippen molar-refractivity contribution >= 4 is 5.82 Å². The van der Waals surface area contributed by atoms with Crippen molar-refractivity contribution in [2.45, 2.75) is 19.8 Å². The second kappa shape index (κ2) is 6.09. The molecular weight excluding hydrogens is 236 g/mol. The predicted molar refractivity (Wildman–Crippen MR) is 67.6 cm³/mol. The van der Waals surface area contributed by atoms with Gasteiger partial charge in [0.2, 0.25) is 0 Å². The van der Waals surface area contributed by atoms with Crippen molar-refractivity contribution in [1.29, 1.82) is 0 Å². The van der Waals surface area contributed by atoms with Crippen LogP contribution in [0.4, 0.5) is 14.6 Å². The maximum atomic E-state index is 13.6. The summed E-state index contributed by atoms with van der Waals surface area (Å²) in [6.45, 7) is 5.65. The van der Waals surface area contributed by atoms with Gasteiger partial charge in [0, 0.05) is 19.2 Å². The van der Waals surface area contributed by atoms with E-state index in [1.807, 2.05) is 4.90 Å². The molecule has 1 aromatic heterocycles. The minimum absolute atomic E-state index is 0.276. The summed E-state index contributed by atoms with van der Waals surface area (Å²) in [5.41, 5.74) is 0. The molecule has 0 amide bonds. The third-order valence-electron chi connectivity index (χ3n) is 3.39. The second-order valence-corrected chi connectivity index (χ2v) is 4.70. The van der Waals surface area contributed by atoms with E-state index in [-0.39, 0.29) is 5.82 Å². The van der Waals surface area contributed by atoms with Gasteiger partial charge in [-0.05, 0) is 31.8 Å². The predicted octanol–water partition coefficient (Wildman–Crippen LogP) is 2.19. The summed E-state index contributed by atoms with van der Waals surface area (Å²) in [4.78, 5) is 5.75. The van der Waals surface area contributed by atoms with E-state index in [0.29, 0.717) is 5.92 Å². The maximum Gasteiger partial charge on any atom is 0.168 e. The van der Waals surface area contributed by atoms with E-state index in [9.17, 15) is 8.78 Å². The molecule has 0 atom stereocenters. The molecule has 3 nitrogen and oxygen atoms in total. The normalized spacial score (nSPS) is 17.2. The lowest BCUT2D eigenvalue weighted by Crippen LogP contribution is -2.38. The lowest BCUT2D eigenvalue weighted by Gasteiger charge is -2.33. The van der Waals surface area contributed by atoms with Gasteiger partial charge in [-0.25, -0.2) is 13.8 Å². The molecule has 0 saturated carbocycles. The average molecular weight is 255 g/mol. The molecule has 1 N–H and O–H groups in total. The van der Waals surface area contributed by atoms with Crippen molar-refractivity contribution in [3.05, 3.63) is 23.9 Å². The first-order chi connectivity index (χ1) is 8.70. The number of aromatic nitrogens is 1. The third kappa shape index (κ3) is 3.16. The fourth-order valence-corrected chi connectivity index (χ4v) is 2.34. The minimum atomic E-state index is -0.627. The summed E-state index contributed by atoms with van der Waals surface area (Å²) < 4.78 is 26.4. The zero-order chi connectivity index (χ0) is 13.0. The van der Waals surface area contributed by atoms with E-state index < -0.39 is 11.6 Å². The minimum Gasteiger partial charge on any atom is -0.354 e. The quantitative estimate of drug-likeness (QED) is 0.894. The van der Waals surface area contributed by atoms with Crippen molar-refractivity contribution in [1.82, 2.24) is 10.3 Å². The highest BCUT2D eigenvalue weighted by atomic mass is 19.1. The topological polar surface area (TPSA) is 28.2 Å². The molecule has 2 heterocycles. The van der Waals surface area contributed by atoms with Crippen LogP contribution in [0.25, 0.3) is 0 Å². The van der Waals surface area contributed by atoms with Gasteiger partial charge in [0.05, 0.1) is 6.20 Å². The Hall–Kier alpha value is -1.23. The van der Waals surface area contributed by atoms with E-state index in [4.69, 9.17) is 0 Å². The van der Waals surface area contributed by atoms with Crippen LogP contribution >= 0.6 is 0 Å². The van der Waals surface area contributed by atoms with Gasteiger partial charge in [0.15, 0.2) is 11.6 Å². The fraction of sp³-hybridized carbons (Fsp3) is 0.615. The second-order valence-electron chi connectivity index (χ2n) is 4.70. The van der Waals surface area contributed by atoms with Gasteiger partial charge in [-0.3, -0.25) is 0 Å². The molecule has 1 saturated heterocycles. The Morgan fingerprint density at radius 3 is 2.72 bits per heavy atom. The number of piperidine rings is 1. The molecule has 1 aliphatic rings. The van der Waals surface area contributed by atoms with Crippen LogP contribution in [0.1, 0.15) is 19.8 Å². The smallest absolute Gasteiger partial charge is 0.168 e. The molecule has 5 heteroatoms. The van der Waals surface area contributed by atoms with Gasteiger partial charge in [0.25, 0.3) is 0 Å². The summed E-state index contributed by atoms with van der Waals surface area (Å²) in [6.07, 6.45) is 3.11. The SMILES string of the molecule is CCNCC1CCN(c2ncc(F)cc2F)CC1. The van der Waals surface area contributed by atoms with Crippen molar-refractivity contribution in [3.63, 3.8) is 0 Å². The number of hydrogen-bond acceptors (Lipinski definition) is 3. The average Bonchev–Trinajstić information content (AvgIpc) is 2.37. The van der Waals surface area contributed by atoms with Crippen molar-refractivity contribution in [2.24, 2.45) is 5.92 Å². The van der Waals surface area contributed by atoms with Crippen molar-refractivity contribution < 1.29 is 8.78 Å². The number of halogens is 2. The van der Waals surface area contributed by atoms with Crippen LogP contribution in [-0.2, 0) is 0 Å². The van der Waals surface area contributed by atoms with E-state index in [1.54, 1.807) is 0 Å². The van der Waals surface area contributed by atoms with Gasteiger partial charge in [0.1, 0.15) is 5.82 Å². The zero-order valence-electron chi connectivity index (χ0n) is 10.6. The zero-order valence-corrected chi connectivity index (χ0v) is 10.6. The van der Waals surface area contributed by atoms with Crippen molar-refractivity contribution in [3.8, 4) is 0 Å². The van der Waals surface area contributed by atoms with Crippen LogP contribution in [0.5, 0.6) is 0 Å². The summed E-state index contributed by atoms with van der Waals surface area (Å²) in [7, 11) is 0. The number of nitrogens with zero attached hydrogens (tertiary/aromatic N) is 2. The van der Waals surface area contributed by atoms with E-state index >= 15 is 0 Å². The van der Waals surface area contributed by atoms with Crippen LogP contribution < -0.4 is 10.2 Å². The Labute approximate surface area is 106 Å². The Morgan fingerprint density at radius 1 is 1.39 bits per heavy atom. The number of hydrogen-bond donors (Lipinski definition) is 1. The van der Waals surface area contributed by atoms with Gasteiger partial charge in [-0.15, -0.1) is 0 Å². The summed E-state index contributed by atoms with van der Waals surface area (Å²) in [5, 5.41) is 3.33. The molecule has 0 spiro atoms. The molecule has 18 heavy (non-hydrogen) atoms. The van der Waals surface area contributed by atoms with Crippen LogP contribution in [0.2, 0.25) is 0 Å². The lowest BCUT2D eigenvalue weighted by atomic mass is 9.97. The summed E-state index contributed by atoms with van der Waals surface area (Å²) >= 11 is 0. The molecule has 0 aliphatic carbocycles. The maximum absolute atomic E-state index is 13.6. The number of rotatable bonds is 4. The molecule has 0 aromatic carbocycles. The number of anilines is 1. The van der Waals surface area contributed by atoms with E-state index in [2.05, 4.69) is 17.2 Å². The van der Waals surface area contributed by atoms with Gasteiger partial charge in [-0.2, -0.15) is 0 Å². The number of pyridine rings is 1. The summed E-state index contributed by atoms with van der Waals surface area (Å²) in [5.74, 6) is -0.276. The first-order valence-electron chi connectivity index (χ1n) is 6.47. The van der Waals surface area contributed by atoms with Crippen LogP contribution in [-0.4, -0.2) is 31.2 Å². The molecule has 100 valence electrons. The highest BCUT2D eigenvalue weighted by Gasteiger charge is 2.22. The van der Waals surface area contributed by atoms with Crippen LogP contribution in [0.3, 0.4) is 0 Å².